The minimum atomic E-state index is -0.260. The summed E-state index contributed by atoms with van der Waals surface area (Å²) in [4.78, 5) is 12.7. The average Bonchev–Trinajstić information content (AvgIpc) is 3.40. The summed E-state index contributed by atoms with van der Waals surface area (Å²) in [6.07, 6.45) is 22.5. The van der Waals surface area contributed by atoms with Gasteiger partial charge in [0.25, 0.3) is 0 Å². The SMILES string of the molecule is N#Cc1ccc(-c2ccc(OCCCCCCCCCCCCOc3ccc(-c4ccc(C(=O)OCCCCCCCCCCCOc5ccc(-c6ccc(C#N)cc6)cc5)cc4)cc3)cc2)cc1. The lowest BCUT2D eigenvalue weighted by molar-refractivity contribution is 0.0497. The van der Waals surface area contributed by atoms with Crippen LogP contribution >= 0.6 is 0 Å². The van der Waals surface area contributed by atoms with Gasteiger partial charge in [0.15, 0.2) is 0 Å². The number of carbonyl (C=O) groups is 1. The van der Waals surface area contributed by atoms with E-state index in [1.165, 1.54) is 89.9 Å². The Morgan fingerprint density at radius 1 is 0.304 bits per heavy atom. The fourth-order valence-corrected chi connectivity index (χ4v) is 8.38. The summed E-state index contributed by atoms with van der Waals surface area (Å²) in [5.41, 5.74) is 8.51. The zero-order valence-corrected chi connectivity index (χ0v) is 40.6. The van der Waals surface area contributed by atoms with Crippen molar-refractivity contribution in [3.8, 4) is 62.8 Å². The molecule has 0 aliphatic rings. The van der Waals surface area contributed by atoms with Gasteiger partial charge in [-0.3, -0.25) is 0 Å². The van der Waals surface area contributed by atoms with Crippen LogP contribution in [0.15, 0.2) is 146 Å². The van der Waals surface area contributed by atoms with Crippen molar-refractivity contribution in [2.24, 2.45) is 0 Å². The van der Waals surface area contributed by atoms with Crippen LogP contribution < -0.4 is 14.2 Å². The first kappa shape index (κ1) is 51.6. The van der Waals surface area contributed by atoms with Gasteiger partial charge >= 0.3 is 5.97 Å². The molecule has 0 spiro atoms. The van der Waals surface area contributed by atoms with E-state index in [-0.39, 0.29) is 5.97 Å². The number of esters is 1. The molecule has 0 amide bonds. The van der Waals surface area contributed by atoms with Crippen LogP contribution in [0.3, 0.4) is 0 Å². The molecule has 0 fully saturated rings. The van der Waals surface area contributed by atoms with E-state index < -0.39 is 0 Å². The third kappa shape index (κ3) is 19.0. The van der Waals surface area contributed by atoms with E-state index in [0.29, 0.717) is 23.3 Å². The largest absolute Gasteiger partial charge is 0.494 e. The molecule has 6 aromatic carbocycles. The maximum atomic E-state index is 12.7. The van der Waals surface area contributed by atoms with Crippen molar-refractivity contribution >= 4 is 5.97 Å². The number of hydrogen-bond donors (Lipinski definition) is 0. The molecule has 0 unspecified atom stereocenters. The van der Waals surface area contributed by atoms with Crippen LogP contribution in [0.5, 0.6) is 17.2 Å². The summed E-state index contributed by atoms with van der Waals surface area (Å²) in [5.74, 6) is 2.43. The van der Waals surface area contributed by atoms with Gasteiger partial charge in [0.1, 0.15) is 17.2 Å². The van der Waals surface area contributed by atoms with Crippen molar-refractivity contribution in [2.75, 3.05) is 26.4 Å². The molecule has 7 nitrogen and oxygen atoms in total. The minimum Gasteiger partial charge on any atom is -0.494 e. The average molecular weight is 923 g/mol. The molecular weight excluding hydrogens is 853 g/mol. The van der Waals surface area contributed by atoms with Crippen molar-refractivity contribution in [1.82, 2.24) is 0 Å². The Morgan fingerprint density at radius 2 is 0.536 bits per heavy atom. The van der Waals surface area contributed by atoms with Gasteiger partial charge in [-0.05, 0) is 132 Å². The summed E-state index contributed by atoms with van der Waals surface area (Å²) in [5, 5.41) is 18.0. The zero-order chi connectivity index (χ0) is 48.0. The van der Waals surface area contributed by atoms with E-state index in [1.807, 2.05) is 109 Å². The minimum absolute atomic E-state index is 0.260. The van der Waals surface area contributed by atoms with E-state index >= 15 is 0 Å². The van der Waals surface area contributed by atoms with Crippen LogP contribution in [-0.2, 0) is 4.74 Å². The highest BCUT2D eigenvalue weighted by atomic mass is 16.5. The first-order valence-corrected chi connectivity index (χ1v) is 25.6. The fraction of sp³-hybridized carbons (Fsp3) is 0.371. The fourth-order valence-electron chi connectivity index (χ4n) is 8.38. The smallest absolute Gasteiger partial charge is 0.338 e. The van der Waals surface area contributed by atoms with Crippen LogP contribution in [0.25, 0.3) is 33.4 Å². The second-order valence-electron chi connectivity index (χ2n) is 17.9. The number of ether oxygens (including phenoxy) is 4. The van der Waals surface area contributed by atoms with E-state index in [4.69, 9.17) is 29.5 Å². The van der Waals surface area contributed by atoms with E-state index in [2.05, 4.69) is 48.5 Å². The maximum absolute atomic E-state index is 12.7. The number of nitrogens with zero attached hydrogens (tertiary/aromatic N) is 2. The second-order valence-corrected chi connectivity index (χ2v) is 17.9. The van der Waals surface area contributed by atoms with Crippen LogP contribution in [0.1, 0.15) is 143 Å². The first-order chi connectivity index (χ1) is 34.1. The quantitative estimate of drug-likeness (QED) is 0.0307. The molecule has 358 valence electrons. The Labute approximate surface area is 412 Å². The zero-order valence-electron chi connectivity index (χ0n) is 40.6. The second kappa shape index (κ2) is 30.5. The molecule has 6 rings (SSSR count). The summed E-state index contributed by atoms with van der Waals surface area (Å²) >= 11 is 0. The van der Waals surface area contributed by atoms with Gasteiger partial charge in [-0.2, -0.15) is 10.5 Å². The molecule has 6 aromatic rings. The topological polar surface area (TPSA) is 102 Å². The normalized spacial score (nSPS) is 10.8. The Bertz CT molecular complexity index is 2430. The number of benzene rings is 6. The van der Waals surface area contributed by atoms with Gasteiger partial charge in [-0.25, -0.2) is 4.79 Å². The number of carbonyl (C=O) groups excluding carboxylic acids is 1. The molecule has 0 radical (unpaired) electrons. The standard InChI is InChI=1S/C62H70N2O5/c63-48-50-20-24-52(25-21-50)55-32-38-59(39-33-55)66-44-16-12-8-4-1-2-5-9-13-17-46-68-61-42-36-57(37-43-61)54-28-30-58(31-29-54)62(65)69-47-19-15-11-7-3-6-10-14-18-45-67-60-40-34-56(35-41-60)53-26-22-51(49-64)23-27-53/h20-43H,1-19,44-47H2. The van der Waals surface area contributed by atoms with E-state index in [0.717, 1.165) is 103 Å². The predicted molar refractivity (Wildman–Crippen MR) is 280 cm³/mol. The molecule has 0 aromatic heterocycles. The first-order valence-electron chi connectivity index (χ1n) is 25.6. The Kier molecular flexibility index (Phi) is 22.8. The monoisotopic (exact) mass is 923 g/mol. The van der Waals surface area contributed by atoms with Gasteiger partial charge in [-0.15, -0.1) is 0 Å². The van der Waals surface area contributed by atoms with Gasteiger partial charge < -0.3 is 18.9 Å². The highest BCUT2D eigenvalue weighted by Gasteiger charge is 2.09. The number of rotatable bonds is 32. The third-order valence-corrected chi connectivity index (χ3v) is 12.6. The number of hydrogen-bond acceptors (Lipinski definition) is 7. The van der Waals surface area contributed by atoms with Crippen molar-refractivity contribution in [1.29, 1.82) is 10.5 Å². The highest BCUT2D eigenvalue weighted by Crippen LogP contribution is 2.26. The van der Waals surface area contributed by atoms with Crippen molar-refractivity contribution in [3.05, 3.63) is 162 Å². The van der Waals surface area contributed by atoms with Crippen molar-refractivity contribution in [3.63, 3.8) is 0 Å². The molecule has 0 saturated carbocycles. The summed E-state index contributed by atoms with van der Waals surface area (Å²) < 4.78 is 23.5. The summed E-state index contributed by atoms with van der Waals surface area (Å²) in [6, 6.07) is 51.8. The molecule has 69 heavy (non-hydrogen) atoms. The number of nitriles is 2. The third-order valence-electron chi connectivity index (χ3n) is 12.6. The Morgan fingerprint density at radius 3 is 0.812 bits per heavy atom. The molecule has 0 heterocycles. The Hall–Kier alpha value is -6.83. The van der Waals surface area contributed by atoms with Gasteiger partial charge in [0.2, 0.25) is 0 Å². The van der Waals surface area contributed by atoms with Gasteiger partial charge in [0, 0.05) is 0 Å². The summed E-state index contributed by atoms with van der Waals surface area (Å²) in [7, 11) is 0. The molecule has 0 aliphatic heterocycles. The maximum Gasteiger partial charge on any atom is 0.338 e. The van der Waals surface area contributed by atoms with Crippen LogP contribution in [0.4, 0.5) is 0 Å². The predicted octanol–water partition coefficient (Wildman–Crippen LogP) is 16.5. The van der Waals surface area contributed by atoms with Crippen molar-refractivity contribution < 1.29 is 23.7 Å². The Balaban J connectivity index is 0.693. The summed E-state index contributed by atoms with van der Waals surface area (Å²) in [6.45, 7) is 2.68. The molecular formula is C62H70N2O5. The molecule has 0 atom stereocenters. The lowest BCUT2D eigenvalue weighted by Gasteiger charge is -2.09. The molecule has 7 heteroatoms. The lowest BCUT2D eigenvalue weighted by atomic mass is 10.0. The van der Waals surface area contributed by atoms with Crippen LogP contribution in [-0.4, -0.2) is 32.4 Å². The molecule has 0 N–H and O–H groups in total. The molecule has 0 bridgehead atoms. The van der Waals surface area contributed by atoms with Gasteiger partial charge in [-0.1, -0.05) is 169 Å². The number of unbranched alkanes of at least 4 members (excludes halogenated alkanes) is 17. The van der Waals surface area contributed by atoms with E-state index in [9.17, 15) is 4.79 Å². The molecule has 0 aliphatic carbocycles. The van der Waals surface area contributed by atoms with Crippen LogP contribution in [0.2, 0.25) is 0 Å². The van der Waals surface area contributed by atoms with E-state index in [1.54, 1.807) is 0 Å². The lowest BCUT2D eigenvalue weighted by Crippen LogP contribution is -2.06. The van der Waals surface area contributed by atoms with Gasteiger partial charge in [0.05, 0.1) is 55.3 Å². The molecule has 0 saturated heterocycles. The van der Waals surface area contributed by atoms with Crippen LogP contribution in [0, 0.1) is 22.7 Å². The highest BCUT2D eigenvalue weighted by molar-refractivity contribution is 5.90. The van der Waals surface area contributed by atoms with Crippen molar-refractivity contribution in [2.45, 2.75) is 122 Å².